The molecule has 27 heavy (non-hydrogen) atoms. The van der Waals surface area contributed by atoms with Gasteiger partial charge >= 0.3 is 0 Å². The van der Waals surface area contributed by atoms with Crippen LogP contribution in [0.4, 0.5) is 0 Å². The van der Waals surface area contributed by atoms with E-state index in [0.717, 1.165) is 48.8 Å². The molecular weight excluding hydrogens is 383 g/mol. The third kappa shape index (κ3) is 4.69. The molecule has 1 saturated heterocycles. The summed E-state index contributed by atoms with van der Waals surface area (Å²) >= 11 is 12.9. The largest absolute Gasteiger partial charge is 0.490 e. The van der Waals surface area contributed by atoms with Gasteiger partial charge in [0.15, 0.2) is 11.5 Å². The Morgan fingerprint density at radius 1 is 1.00 bits per heavy atom. The van der Waals surface area contributed by atoms with Crippen molar-refractivity contribution in [3.05, 3.63) is 57.6 Å². The van der Waals surface area contributed by atoms with Gasteiger partial charge < -0.3 is 14.8 Å². The van der Waals surface area contributed by atoms with Gasteiger partial charge in [-0.3, -0.25) is 4.90 Å². The molecule has 1 unspecified atom stereocenters. The number of benzene rings is 2. The van der Waals surface area contributed by atoms with Gasteiger partial charge in [0.2, 0.25) is 0 Å². The van der Waals surface area contributed by atoms with Crippen LogP contribution in [0, 0.1) is 0 Å². The van der Waals surface area contributed by atoms with Crippen molar-refractivity contribution in [3.63, 3.8) is 0 Å². The van der Waals surface area contributed by atoms with Crippen LogP contribution in [0.1, 0.15) is 31.0 Å². The molecule has 4 nitrogen and oxygen atoms in total. The highest BCUT2D eigenvalue weighted by Gasteiger charge is 2.27. The molecule has 1 atom stereocenters. The first kappa shape index (κ1) is 20.3. The zero-order chi connectivity index (χ0) is 19.2. The minimum atomic E-state index is 0.00758. The molecule has 146 valence electrons. The molecule has 0 saturated carbocycles. The molecule has 1 aliphatic heterocycles. The minimum absolute atomic E-state index is 0.00758. The number of rotatable bonds is 7. The summed E-state index contributed by atoms with van der Waals surface area (Å²) in [7, 11) is 0. The van der Waals surface area contributed by atoms with Crippen LogP contribution in [-0.4, -0.2) is 44.3 Å². The smallest absolute Gasteiger partial charge is 0.161 e. The van der Waals surface area contributed by atoms with Crippen LogP contribution in [0.3, 0.4) is 0 Å². The Bertz CT molecular complexity index is 764. The maximum Gasteiger partial charge on any atom is 0.161 e. The molecule has 1 aliphatic rings. The fraction of sp³-hybridized carbons (Fsp3) is 0.429. The Morgan fingerprint density at radius 3 is 2.41 bits per heavy atom. The Kier molecular flexibility index (Phi) is 7.25. The first-order chi connectivity index (χ1) is 13.2. The monoisotopic (exact) mass is 408 g/mol. The third-order valence-electron chi connectivity index (χ3n) is 4.68. The molecule has 2 aromatic carbocycles. The van der Waals surface area contributed by atoms with Crippen molar-refractivity contribution in [3.8, 4) is 11.5 Å². The van der Waals surface area contributed by atoms with E-state index in [1.54, 1.807) is 0 Å². The molecule has 0 amide bonds. The number of piperazine rings is 1. The number of nitrogens with one attached hydrogen (secondary N) is 1. The molecule has 0 aromatic heterocycles. The average molecular weight is 409 g/mol. The van der Waals surface area contributed by atoms with E-state index < -0.39 is 0 Å². The lowest BCUT2D eigenvalue weighted by Crippen LogP contribution is -2.45. The standard InChI is InChI=1S/C21H26Cl2N2O2/c1-3-26-18-9-8-15(14-19(18)27-4-2)21(25-12-10-24-11-13-25)16-6-5-7-17(22)20(16)23/h5-9,14,21,24H,3-4,10-13H2,1-2H3. The van der Waals surface area contributed by atoms with Crippen LogP contribution in [0.2, 0.25) is 10.0 Å². The van der Waals surface area contributed by atoms with Crippen LogP contribution in [0.5, 0.6) is 11.5 Å². The van der Waals surface area contributed by atoms with E-state index in [-0.39, 0.29) is 6.04 Å². The quantitative estimate of drug-likeness (QED) is 0.713. The van der Waals surface area contributed by atoms with E-state index in [2.05, 4.69) is 28.4 Å². The van der Waals surface area contributed by atoms with Crippen LogP contribution in [-0.2, 0) is 0 Å². The van der Waals surface area contributed by atoms with Gasteiger partial charge in [-0.2, -0.15) is 0 Å². The van der Waals surface area contributed by atoms with Crippen LogP contribution in [0.25, 0.3) is 0 Å². The zero-order valence-corrected chi connectivity index (χ0v) is 17.3. The van der Waals surface area contributed by atoms with Gasteiger partial charge in [-0.05, 0) is 43.2 Å². The maximum absolute atomic E-state index is 6.61. The summed E-state index contributed by atoms with van der Waals surface area (Å²) in [6.07, 6.45) is 0. The molecule has 2 aromatic rings. The lowest BCUT2D eigenvalue weighted by Gasteiger charge is -2.36. The van der Waals surface area contributed by atoms with Crippen LogP contribution < -0.4 is 14.8 Å². The first-order valence-electron chi connectivity index (χ1n) is 9.43. The van der Waals surface area contributed by atoms with Crippen molar-refractivity contribution in [2.75, 3.05) is 39.4 Å². The molecule has 0 aliphatic carbocycles. The average Bonchev–Trinajstić information content (AvgIpc) is 2.68. The SMILES string of the molecule is CCOc1ccc(C(c2cccc(Cl)c2Cl)N2CCNCC2)cc1OCC. The molecule has 0 spiro atoms. The van der Waals surface area contributed by atoms with Gasteiger partial charge in [-0.15, -0.1) is 0 Å². The highest BCUT2D eigenvalue weighted by molar-refractivity contribution is 6.42. The Hall–Kier alpha value is -1.46. The summed E-state index contributed by atoms with van der Waals surface area (Å²) in [6.45, 7) is 8.90. The number of hydrogen-bond acceptors (Lipinski definition) is 4. The van der Waals surface area contributed by atoms with Crippen molar-refractivity contribution < 1.29 is 9.47 Å². The number of hydrogen-bond donors (Lipinski definition) is 1. The predicted octanol–water partition coefficient (Wildman–Crippen LogP) is 4.79. The van der Waals surface area contributed by atoms with Crippen molar-refractivity contribution >= 4 is 23.2 Å². The first-order valence-corrected chi connectivity index (χ1v) is 10.2. The van der Waals surface area contributed by atoms with Gasteiger partial charge in [-0.1, -0.05) is 41.4 Å². The molecule has 6 heteroatoms. The molecule has 1 fully saturated rings. The number of halogens is 2. The Balaban J connectivity index is 2.07. The summed E-state index contributed by atoms with van der Waals surface area (Å²) in [6, 6.07) is 12.0. The van der Waals surface area contributed by atoms with E-state index in [9.17, 15) is 0 Å². The predicted molar refractivity (Wildman–Crippen MR) is 112 cm³/mol. The van der Waals surface area contributed by atoms with E-state index in [0.29, 0.717) is 23.3 Å². The van der Waals surface area contributed by atoms with E-state index in [1.807, 2.05) is 32.0 Å². The number of ether oxygens (including phenoxy) is 2. The van der Waals surface area contributed by atoms with Gasteiger partial charge in [0, 0.05) is 26.2 Å². The van der Waals surface area contributed by atoms with E-state index in [1.165, 1.54) is 0 Å². The van der Waals surface area contributed by atoms with Crippen molar-refractivity contribution in [2.45, 2.75) is 19.9 Å². The molecule has 1 N–H and O–H groups in total. The molecule has 3 rings (SSSR count). The lowest BCUT2D eigenvalue weighted by atomic mass is 9.96. The molecular formula is C21H26Cl2N2O2. The van der Waals surface area contributed by atoms with Gasteiger partial charge in [0.25, 0.3) is 0 Å². The summed E-state index contributed by atoms with van der Waals surface area (Å²) < 4.78 is 11.6. The summed E-state index contributed by atoms with van der Waals surface area (Å²) in [5.74, 6) is 1.52. The molecule has 0 radical (unpaired) electrons. The highest BCUT2D eigenvalue weighted by Crippen LogP contribution is 2.39. The van der Waals surface area contributed by atoms with Crippen molar-refractivity contribution in [2.24, 2.45) is 0 Å². The zero-order valence-electron chi connectivity index (χ0n) is 15.8. The van der Waals surface area contributed by atoms with E-state index >= 15 is 0 Å². The van der Waals surface area contributed by atoms with Crippen LogP contribution >= 0.6 is 23.2 Å². The second-order valence-electron chi connectivity index (χ2n) is 6.40. The van der Waals surface area contributed by atoms with E-state index in [4.69, 9.17) is 32.7 Å². The molecule has 0 bridgehead atoms. The van der Waals surface area contributed by atoms with Gasteiger partial charge in [0.05, 0.1) is 29.3 Å². The Morgan fingerprint density at radius 2 is 1.70 bits per heavy atom. The minimum Gasteiger partial charge on any atom is -0.490 e. The normalized spacial score (nSPS) is 16.1. The van der Waals surface area contributed by atoms with Gasteiger partial charge in [-0.25, -0.2) is 0 Å². The maximum atomic E-state index is 6.61. The second kappa shape index (κ2) is 9.65. The summed E-state index contributed by atoms with van der Waals surface area (Å²) in [5.41, 5.74) is 2.13. The summed E-state index contributed by atoms with van der Waals surface area (Å²) in [5, 5.41) is 4.59. The molecule has 1 heterocycles. The van der Waals surface area contributed by atoms with Gasteiger partial charge in [0.1, 0.15) is 0 Å². The van der Waals surface area contributed by atoms with Crippen molar-refractivity contribution in [1.82, 2.24) is 10.2 Å². The third-order valence-corrected chi connectivity index (χ3v) is 5.51. The highest BCUT2D eigenvalue weighted by atomic mass is 35.5. The second-order valence-corrected chi connectivity index (χ2v) is 7.19. The van der Waals surface area contributed by atoms with Crippen LogP contribution in [0.15, 0.2) is 36.4 Å². The lowest BCUT2D eigenvalue weighted by molar-refractivity contribution is 0.198. The fourth-order valence-electron chi connectivity index (χ4n) is 3.50. The Labute approximate surface area is 171 Å². The topological polar surface area (TPSA) is 33.7 Å². The fourth-order valence-corrected chi connectivity index (χ4v) is 3.91. The summed E-state index contributed by atoms with van der Waals surface area (Å²) in [4.78, 5) is 2.43. The number of nitrogens with zero attached hydrogens (tertiary/aromatic N) is 1. The van der Waals surface area contributed by atoms with Crippen molar-refractivity contribution in [1.29, 1.82) is 0 Å².